The second kappa shape index (κ2) is 8.86. The summed E-state index contributed by atoms with van der Waals surface area (Å²) >= 11 is 0. The summed E-state index contributed by atoms with van der Waals surface area (Å²) in [5.74, 6) is -2.56. The predicted octanol–water partition coefficient (Wildman–Crippen LogP) is 1.73. The standard InChI is InChI=1S/C22H23N3O6/c1-3-7-23(20(28)15-6-4-5-14(2)12-15)8-9-24-10-11-25-13-16(22(30)31)18(26)19(27)17(25)21(24)29/h4-6,10-13,27H,3,7-9H2,1-2H3,(H,30,31). The van der Waals surface area contributed by atoms with Gasteiger partial charge in [0.25, 0.3) is 11.5 Å². The molecule has 0 aliphatic rings. The van der Waals surface area contributed by atoms with Crippen molar-refractivity contribution in [2.24, 2.45) is 0 Å². The Hall–Kier alpha value is -3.88. The van der Waals surface area contributed by atoms with E-state index >= 15 is 0 Å². The third-order valence-electron chi connectivity index (χ3n) is 4.97. The molecule has 2 heterocycles. The fraction of sp³-hybridized carbons (Fsp3) is 0.273. The molecule has 9 heteroatoms. The number of carboxylic acid groups (broad SMARTS) is 1. The zero-order valence-electron chi connectivity index (χ0n) is 17.2. The van der Waals surface area contributed by atoms with Crippen LogP contribution in [0.1, 0.15) is 39.6 Å². The Morgan fingerprint density at radius 3 is 2.52 bits per heavy atom. The van der Waals surface area contributed by atoms with Gasteiger partial charge in [0.1, 0.15) is 5.56 Å². The fourth-order valence-corrected chi connectivity index (χ4v) is 3.41. The molecule has 31 heavy (non-hydrogen) atoms. The van der Waals surface area contributed by atoms with E-state index in [4.69, 9.17) is 5.11 Å². The number of aromatic hydroxyl groups is 1. The number of pyridine rings is 1. The number of aromatic nitrogens is 2. The summed E-state index contributed by atoms with van der Waals surface area (Å²) in [6, 6.07) is 7.26. The van der Waals surface area contributed by atoms with Gasteiger partial charge in [0.05, 0.1) is 0 Å². The molecule has 0 atom stereocenters. The molecule has 9 nitrogen and oxygen atoms in total. The van der Waals surface area contributed by atoms with Crippen molar-refractivity contribution in [3.63, 3.8) is 0 Å². The quantitative estimate of drug-likeness (QED) is 0.595. The molecule has 2 aromatic heterocycles. The first-order valence-electron chi connectivity index (χ1n) is 9.81. The highest BCUT2D eigenvalue weighted by Crippen LogP contribution is 2.12. The van der Waals surface area contributed by atoms with Crippen molar-refractivity contribution in [3.8, 4) is 5.75 Å². The summed E-state index contributed by atoms with van der Waals surface area (Å²) in [7, 11) is 0. The Balaban J connectivity index is 1.92. The number of fused-ring (bicyclic) bond motifs is 1. The molecule has 0 saturated heterocycles. The molecule has 0 unspecified atom stereocenters. The van der Waals surface area contributed by atoms with Crippen molar-refractivity contribution in [1.82, 2.24) is 13.9 Å². The van der Waals surface area contributed by atoms with E-state index in [2.05, 4.69) is 0 Å². The first-order valence-corrected chi connectivity index (χ1v) is 9.81. The lowest BCUT2D eigenvalue weighted by Crippen LogP contribution is -2.36. The molecule has 0 fully saturated rings. The van der Waals surface area contributed by atoms with Crippen LogP contribution in [0.3, 0.4) is 0 Å². The van der Waals surface area contributed by atoms with Crippen molar-refractivity contribution in [2.75, 3.05) is 13.1 Å². The van der Waals surface area contributed by atoms with Gasteiger partial charge in [-0.3, -0.25) is 14.4 Å². The second-order valence-electron chi connectivity index (χ2n) is 7.24. The average molecular weight is 425 g/mol. The number of benzene rings is 1. The maximum absolute atomic E-state index is 12.9. The molecule has 0 radical (unpaired) electrons. The van der Waals surface area contributed by atoms with Gasteiger partial charge in [0, 0.05) is 43.8 Å². The topological polar surface area (TPSA) is 121 Å². The van der Waals surface area contributed by atoms with Crippen molar-refractivity contribution in [1.29, 1.82) is 0 Å². The molecule has 0 spiro atoms. The highest BCUT2D eigenvalue weighted by Gasteiger charge is 2.19. The van der Waals surface area contributed by atoms with E-state index in [1.54, 1.807) is 17.0 Å². The van der Waals surface area contributed by atoms with Crippen molar-refractivity contribution < 1.29 is 19.8 Å². The van der Waals surface area contributed by atoms with E-state index in [-0.39, 0.29) is 24.5 Å². The number of carboxylic acids is 1. The highest BCUT2D eigenvalue weighted by atomic mass is 16.4. The van der Waals surface area contributed by atoms with E-state index in [1.807, 2.05) is 26.0 Å². The summed E-state index contributed by atoms with van der Waals surface area (Å²) in [5.41, 5.74) is -1.20. The largest absolute Gasteiger partial charge is 0.503 e. The predicted molar refractivity (Wildman–Crippen MR) is 114 cm³/mol. The zero-order valence-corrected chi connectivity index (χ0v) is 17.2. The minimum atomic E-state index is -1.50. The van der Waals surface area contributed by atoms with Gasteiger partial charge in [-0.2, -0.15) is 0 Å². The van der Waals surface area contributed by atoms with Gasteiger partial charge in [0.15, 0.2) is 11.3 Å². The molecule has 3 rings (SSSR count). The lowest BCUT2D eigenvalue weighted by atomic mass is 10.1. The van der Waals surface area contributed by atoms with E-state index < -0.39 is 28.3 Å². The summed E-state index contributed by atoms with van der Waals surface area (Å²) in [4.78, 5) is 50.6. The molecule has 0 aliphatic carbocycles. The fourth-order valence-electron chi connectivity index (χ4n) is 3.41. The maximum Gasteiger partial charge on any atom is 0.341 e. The number of hydrogen-bond acceptors (Lipinski definition) is 5. The van der Waals surface area contributed by atoms with Crippen LogP contribution in [-0.4, -0.2) is 49.0 Å². The maximum atomic E-state index is 12.9. The number of aromatic carboxylic acids is 1. The van der Waals surface area contributed by atoms with Crippen LogP contribution in [0, 0.1) is 6.92 Å². The van der Waals surface area contributed by atoms with Gasteiger partial charge in [-0.15, -0.1) is 0 Å². The van der Waals surface area contributed by atoms with Crippen molar-refractivity contribution >= 4 is 17.4 Å². The summed E-state index contributed by atoms with van der Waals surface area (Å²) in [6.07, 6.45) is 4.54. The minimum Gasteiger partial charge on any atom is -0.503 e. The van der Waals surface area contributed by atoms with Gasteiger partial charge in [-0.05, 0) is 25.5 Å². The van der Waals surface area contributed by atoms with E-state index in [0.717, 1.165) is 22.6 Å². The van der Waals surface area contributed by atoms with E-state index in [9.17, 15) is 24.3 Å². The molecule has 0 saturated carbocycles. The SMILES string of the molecule is CCCN(CCn1ccn2cc(C(=O)O)c(=O)c(O)c2c1=O)C(=O)c1cccc(C)c1. The number of aryl methyl sites for hydroxylation is 1. The van der Waals surface area contributed by atoms with Crippen molar-refractivity contribution in [3.05, 3.63) is 80.1 Å². The molecule has 3 aromatic rings. The van der Waals surface area contributed by atoms with Gasteiger partial charge in [-0.1, -0.05) is 24.6 Å². The van der Waals surface area contributed by atoms with Crippen LogP contribution in [0.2, 0.25) is 0 Å². The molecule has 0 bridgehead atoms. The lowest BCUT2D eigenvalue weighted by Gasteiger charge is -2.23. The summed E-state index contributed by atoms with van der Waals surface area (Å²) in [5, 5.41) is 19.2. The number of carbonyl (C=O) groups excluding carboxylic acids is 1. The molecular formula is C22H23N3O6. The second-order valence-corrected chi connectivity index (χ2v) is 7.24. The lowest BCUT2D eigenvalue weighted by molar-refractivity contribution is 0.0693. The first-order chi connectivity index (χ1) is 14.7. The summed E-state index contributed by atoms with van der Waals surface area (Å²) in [6.45, 7) is 4.74. The Morgan fingerprint density at radius 2 is 1.87 bits per heavy atom. The Labute approximate surface area is 177 Å². The Kier molecular flexibility index (Phi) is 6.24. The molecule has 1 amide bonds. The first kappa shape index (κ1) is 21.8. The third-order valence-corrected chi connectivity index (χ3v) is 4.97. The van der Waals surface area contributed by atoms with E-state index in [1.165, 1.54) is 17.0 Å². The van der Waals surface area contributed by atoms with Gasteiger partial charge in [0.2, 0.25) is 5.43 Å². The molecule has 0 aliphatic heterocycles. The van der Waals surface area contributed by atoms with Crippen LogP contribution in [0.15, 0.2) is 52.4 Å². The Morgan fingerprint density at radius 1 is 1.13 bits per heavy atom. The monoisotopic (exact) mass is 425 g/mol. The van der Waals surface area contributed by atoms with Crippen molar-refractivity contribution in [2.45, 2.75) is 26.8 Å². The Bertz CT molecular complexity index is 1270. The molecule has 1 aromatic carbocycles. The number of nitrogens with zero attached hydrogens (tertiary/aromatic N) is 3. The molecule has 162 valence electrons. The van der Waals surface area contributed by atoms with Gasteiger partial charge in [-0.25, -0.2) is 4.79 Å². The zero-order chi connectivity index (χ0) is 22.7. The van der Waals surface area contributed by atoms with Gasteiger partial charge >= 0.3 is 5.97 Å². The van der Waals surface area contributed by atoms with Crippen LogP contribution in [0.5, 0.6) is 5.75 Å². The van der Waals surface area contributed by atoms with Crippen LogP contribution in [0.4, 0.5) is 0 Å². The van der Waals surface area contributed by atoms with Crippen LogP contribution < -0.4 is 11.0 Å². The average Bonchev–Trinajstić information content (AvgIpc) is 2.73. The molecule has 2 N–H and O–H groups in total. The van der Waals surface area contributed by atoms with Crippen LogP contribution in [0.25, 0.3) is 5.52 Å². The number of amides is 1. The van der Waals surface area contributed by atoms with Crippen LogP contribution >= 0.6 is 0 Å². The number of hydrogen-bond donors (Lipinski definition) is 2. The summed E-state index contributed by atoms with van der Waals surface area (Å²) < 4.78 is 2.39. The minimum absolute atomic E-state index is 0.140. The smallest absolute Gasteiger partial charge is 0.341 e. The van der Waals surface area contributed by atoms with Crippen LogP contribution in [-0.2, 0) is 6.54 Å². The highest BCUT2D eigenvalue weighted by molar-refractivity contribution is 5.94. The number of rotatable bonds is 7. The van der Waals surface area contributed by atoms with Gasteiger partial charge < -0.3 is 24.1 Å². The molecular weight excluding hydrogens is 402 g/mol. The third kappa shape index (κ3) is 4.35. The number of carbonyl (C=O) groups is 2. The normalized spacial score (nSPS) is 10.9. The van der Waals surface area contributed by atoms with E-state index in [0.29, 0.717) is 12.1 Å².